The second kappa shape index (κ2) is 26.4. The van der Waals surface area contributed by atoms with Crippen molar-refractivity contribution in [1.29, 1.82) is 0 Å². The SMILES string of the molecule is CCCCCCCCC(CCC1CCC2OC2C1)C(OC)(OC)OC.CCCCCCCCC(CCCOCC1CO1)C(OC)(OC)OC. The van der Waals surface area contributed by atoms with Crippen LogP contribution in [0.5, 0.6) is 0 Å². The summed E-state index contributed by atoms with van der Waals surface area (Å²) in [6.45, 7) is 6.82. The van der Waals surface area contributed by atoms with Crippen LogP contribution in [0.25, 0.3) is 0 Å². The average Bonchev–Trinajstić information content (AvgIpc) is 4.07. The van der Waals surface area contributed by atoms with Gasteiger partial charge in [-0.1, -0.05) is 90.9 Å². The highest BCUT2D eigenvalue weighted by molar-refractivity contribution is 4.92. The molecule has 2 heterocycles. The zero-order valence-electron chi connectivity index (χ0n) is 33.1. The molecule has 0 amide bonds. The summed E-state index contributed by atoms with van der Waals surface area (Å²) in [5, 5.41) is 0. The third kappa shape index (κ3) is 16.9. The van der Waals surface area contributed by atoms with Crippen molar-refractivity contribution in [2.45, 2.75) is 179 Å². The molecular weight excluding hydrogens is 624 g/mol. The van der Waals surface area contributed by atoms with E-state index in [1.807, 2.05) is 0 Å². The van der Waals surface area contributed by atoms with E-state index < -0.39 is 11.9 Å². The number of fused-ring (bicyclic) bond motifs is 1. The van der Waals surface area contributed by atoms with Crippen LogP contribution in [0, 0.1) is 17.8 Å². The number of unbranched alkanes of at least 4 members (excludes halogenated alkanes) is 10. The lowest BCUT2D eigenvalue weighted by Crippen LogP contribution is -2.44. The summed E-state index contributed by atoms with van der Waals surface area (Å²) in [5.41, 5.74) is 0. The first-order valence-corrected chi connectivity index (χ1v) is 20.1. The quantitative estimate of drug-likeness (QED) is 0.0398. The standard InChI is InChI=1S/C21H40O4.C19H38O5/c1-5-6-7-8-9-10-11-18(21(22-2,23-3)24-4)14-12-17-13-15-19-20(16-17)25-19;1-5-6-7-8-9-10-12-17(19(20-2,21-3)22-4)13-11-14-23-15-18-16-24-18/h17-20H,5-16H2,1-4H3;17-18H,5-16H2,1-4H3. The van der Waals surface area contributed by atoms with Crippen molar-refractivity contribution >= 4 is 0 Å². The van der Waals surface area contributed by atoms with Crippen LogP contribution >= 0.6 is 0 Å². The molecule has 9 nitrogen and oxygen atoms in total. The Morgan fingerprint density at radius 3 is 1.51 bits per heavy atom. The minimum atomic E-state index is -0.941. The van der Waals surface area contributed by atoms with Gasteiger partial charge in [0.15, 0.2) is 0 Å². The molecule has 2 saturated heterocycles. The molecule has 292 valence electrons. The lowest BCUT2D eigenvalue weighted by Gasteiger charge is -2.37. The molecule has 49 heavy (non-hydrogen) atoms. The van der Waals surface area contributed by atoms with Crippen LogP contribution in [0.15, 0.2) is 0 Å². The Bertz CT molecular complexity index is 754. The number of rotatable bonds is 31. The second-order valence-corrected chi connectivity index (χ2v) is 14.6. The lowest BCUT2D eigenvalue weighted by molar-refractivity contribution is -0.380. The van der Waals surface area contributed by atoms with Crippen molar-refractivity contribution < 1.29 is 42.6 Å². The van der Waals surface area contributed by atoms with Crippen molar-refractivity contribution in [3.63, 3.8) is 0 Å². The maximum absolute atomic E-state index is 5.69. The smallest absolute Gasteiger partial charge is 0.285 e. The minimum absolute atomic E-state index is 0.212. The van der Waals surface area contributed by atoms with Gasteiger partial charge in [0.2, 0.25) is 0 Å². The van der Waals surface area contributed by atoms with Crippen LogP contribution in [-0.4, -0.2) is 92.7 Å². The number of hydrogen-bond acceptors (Lipinski definition) is 9. The van der Waals surface area contributed by atoms with Crippen LogP contribution in [0.3, 0.4) is 0 Å². The van der Waals surface area contributed by atoms with Gasteiger partial charge in [-0.05, 0) is 63.7 Å². The first kappa shape index (κ1) is 44.8. The Morgan fingerprint density at radius 1 is 0.571 bits per heavy atom. The third-order valence-electron chi connectivity index (χ3n) is 11.1. The van der Waals surface area contributed by atoms with E-state index in [-0.39, 0.29) is 11.8 Å². The summed E-state index contributed by atoms with van der Waals surface area (Å²) in [6.07, 6.45) is 27.3. The van der Waals surface area contributed by atoms with Gasteiger partial charge in [-0.3, -0.25) is 0 Å². The lowest BCUT2D eigenvalue weighted by atomic mass is 9.82. The molecule has 6 atom stereocenters. The molecule has 6 unspecified atom stereocenters. The highest BCUT2D eigenvalue weighted by Crippen LogP contribution is 2.43. The van der Waals surface area contributed by atoms with Crippen molar-refractivity contribution in [3.8, 4) is 0 Å². The number of epoxide rings is 2. The molecule has 0 aromatic heterocycles. The molecule has 0 bridgehead atoms. The van der Waals surface area contributed by atoms with E-state index in [1.165, 1.54) is 103 Å². The normalized spacial score (nSPS) is 23.0. The topological polar surface area (TPSA) is 89.7 Å². The largest absolute Gasteiger partial charge is 0.379 e. The molecule has 9 heteroatoms. The van der Waals surface area contributed by atoms with E-state index in [2.05, 4.69) is 13.8 Å². The zero-order valence-corrected chi connectivity index (χ0v) is 33.1. The maximum Gasteiger partial charge on any atom is 0.285 e. The van der Waals surface area contributed by atoms with Crippen LogP contribution in [0.2, 0.25) is 0 Å². The van der Waals surface area contributed by atoms with Gasteiger partial charge in [0.05, 0.1) is 25.4 Å². The van der Waals surface area contributed by atoms with E-state index >= 15 is 0 Å². The summed E-state index contributed by atoms with van der Waals surface area (Å²) >= 11 is 0. The summed E-state index contributed by atoms with van der Waals surface area (Å²) in [6, 6.07) is 0. The summed E-state index contributed by atoms with van der Waals surface area (Å²) in [4.78, 5) is 0. The molecule has 3 rings (SSSR count). The summed E-state index contributed by atoms with van der Waals surface area (Å²) in [7, 11) is 10.1. The fourth-order valence-corrected chi connectivity index (χ4v) is 7.83. The minimum Gasteiger partial charge on any atom is -0.379 e. The number of hydrogen-bond donors (Lipinski definition) is 0. The molecule has 3 fully saturated rings. The van der Waals surface area contributed by atoms with Gasteiger partial charge in [-0.25, -0.2) is 0 Å². The van der Waals surface area contributed by atoms with Gasteiger partial charge in [0, 0.05) is 61.1 Å². The summed E-state index contributed by atoms with van der Waals surface area (Å²) < 4.78 is 50.3. The van der Waals surface area contributed by atoms with E-state index in [0.29, 0.717) is 24.9 Å². The monoisotopic (exact) mass is 703 g/mol. The molecule has 3 aliphatic rings. The first-order valence-electron chi connectivity index (χ1n) is 20.1. The van der Waals surface area contributed by atoms with Crippen molar-refractivity contribution in [3.05, 3.63) is 0 Å². The number of methoxy groups -OCH3 is 6. The van der Waals surface area contributed by atoms with E-state index in [4.69, 9.17) is 42.6 Å². The average molecular weight is 703 g/mol. The van der Waals surface area contributed by atoms with Crippen LogP contribution in [-0.2, 0) is 42.6 Å². The first-order chi connectivity index (χ1) is 23.9. The van der Waals surface area contributed by atoms with Gasteiger partial charge in [-0.15, -0.1) is 0 Å². The fraction of sp³-hybridized carbons (Fsp3) is 1.00. The molecule has 0 N–H and O–H groups in total. The Hall–Kier alpha value is -0.360. The predicted molar refractivity (Wildman–Crippen MR) is 196 cm³/mol. The van der Waals surface area contributed by atoms with Crippen LogP contribution in [0.4, 0.5) is 0 Å². The van der Waals surface area contributed by atoms with Crippen molar-refractivity contribution in [2.75, 3.05) is 62.5 Å². The zero-order chi connectivity index (χ0) is 35.8. The molecule has 1 saturated carbocycles. The fourth-order valence-electron chi connectivity index (χ4n) is 7.83. The molecule has 1 aliphatic carbocycles. The van der Waals surface area contributed by atoms with Crippen LogP contribution < -0.4 is 0 Å². The van der Waals surface area contributed by atoms with Gasteiger partial charge in [-0.2, -0.15) is 0 Å². The van der Waals surface area contributed by atoms with Gasteiger partial charge in [0.25, 0.3) is 11.9 Å². The molecular formula is C40H78O9. The third-order valence-corrected chi connectivity index (χ3v) is 11.1. The van der Waals surface area contributed by atoms with Gasteiger partial charge in [0.1, 0.15) is 6.10 Å². The highest BCUT2D eigenvalue weighted by Gasteiger charge is 2.45. The Balaban J connectivity index is 0.000000341. The molecule has 0 spiro atoms. The van der Waals surface area contributed by atoms with Crippen molar-refractivity contribution in [2.24, 2.45) is 17.8 Å². The van der Waals surface area contributed by atoms with Crippen LogP contribution in [0.1, 0.15) is 149 Å². The van der Waals surface area contributed by atoms with Gasteiger partial charge >= 0.3 is 0 Å². The predicted octanol–water partition coefficient (Wildman–Crippen LogP) is 9.44. The van der Waals surface area contributed by atoms with E-state index in [9.17, 15) is 0 Å². The molecule has 0 radical (unpaired) electrons. The Labute approximate surface area is 301 Å². The Kier molecular flexibility index (Phi) is 24.1. The molecule has 2 aliphatic heterocycles. The molecule has 0 aromatic carbocycles. The maximum atomic E-state index is 5.69. The Morgan fingerprint density at radius 2 is 1.04 bits per heavy atom. The number of ether oxygens (including phenoxy) is 9. The van der Waals surface area contributed by atoms with E-state index in [0.717, 1.165) is 51.2 Å². The van der Waals surface area contributed by atoms with E-state index in [1.54, 1.807) is 42.7 Å². The van der Waals surface area contributed by atoms with Crippen molar-refractivity contribution in [1.82, 2.24) is 0 Å². The molecule has 0 aromatic rings. The second-order valence-electron chi connectivity index (χ2n) is 14.6. The van der Waals surface area contributed by atoms with Gasteiger partial charge < -0.3 is 42.6 Å². The summed E-state index contributed by atoms with van der Waals surface area (Å²) in [5.74, 6) is -0.542. The highest BCUT2D eigenvalue weighted by atomic mass is 16.9.